The van der Waals surface area contributed by atoms with Crippen molar-refractivity contribution in [1.82, 2.24) is 24.4 Å². The summed E-state index contributed by atoms with van der Waals surface area (Å²) in [7, 11) is -2.38. The number of hydrogen-bond donors (Lipinski definition) is 2. The summed E-state index contributed by atoms with van der Waals surface area (Å²) in [6.07, 6.45) is 5.05. The quantitative estimate of drug-likeness (QED) is 0.421. The fourth-order valence-electron chi connectivity index (χ4n) is 4.03. The van der Waals surface area contributed by atoms with Crippen LogP contribution in [0.5, 0.6) is 0 Å². The summed E-state index contributed by atoms with van der Waals surface area (Å²) in [6, 6.07) is 6.52. The van der Waals surface area contributed by atoms with Gasteiger partial charge in [0.25, 0.3) is 0 Å². The van der Waals surface area contributed by atoms with Crippen LogP contribution in [-0.4, -0.2) is 46.2 Å². The molecule has 12 heteroatoms. The maximum absolute atomic E-state index is 15.3. The van der Waals surface area contributed by atoms with Crippen molar-refractivity contribution in [2.75, 3.05) is 12.8 Å². The van der Waals surface area contributed by atoms with Crippen molar-refractivity contribution in [3.05, 3.63) is 64.1 Å². The average Bonchev–Trinajstić information content (AvgIpc) is 3.36. The smallest absolute Gasteiger partial charge is 0.239 e. The van der Waals surface area contributed by atoms with E-state index in [9.17, 15) is 8.42 Å². The maximum Gasteiger partial charge on any atom is 0.239 e. The van der Waals surface area contributed by atoms with Gasteiger partial charge in [-0.3, -0.25) is 10.4 Å². The van der Waals surface area contributed by atoms with Crippen LogP contribution >= 0.6 is 22.9 Å². The highest BCUT2D eigenvalue weighted by Gasteiger charge is 2.44. The van der Waals surface area contributed by atoms with E-state index in [1.165, 1.54) is 24.5 Å². The molecule has 1 aliphatic rings. The molecule has 3 aromatic heterocycles. The van der Waals surface area contributed by atoms with Crippen LogP contribution < -0.4 is 5.32 Å². The number of nitrogens with zero attached hydrogens (tertiary/aromatic N) is 4. The first-order valence-corrected chi connectivity index (χ1v) is 13.0. The minimum absolute atomic E-state index is 0.240. The number of thiophene rings is 1. The highest BCUT2D eigenvalue weighted by Crippen LogP contribution is 2.46. The SMILES string of the molecule is Cc1cnn(-c2ccc(-c3nccc4c(Cl)c([C@]5(C)CS(=O)(=O)N(C)C(=N)N5)sc34)c(F)c2)c1. The predicted octanol–water partition coefficient (Wildman–Crippen LogP) is 4.26. The Morgan fingerprint density at radius 3 is 2.74 bits per heavy atom. The lowest BCUT2D eigenvalue weighted by atomic mass is 10.0. The predicted molar refractivity (Wildman–Crippen MR) is 132 cm³/mol. The Kier molecular flexibility index (Phi) is 5.19. The molecular weight excluding hydrogens is 499 g/mol. The van der Waals surface area contributed by atoms with Crippen molar-refractivity contribution in [3.63, 3.8) is 0 Å². The normalized spacial score (nSPS) is 20.0. The lowest BCUT2D eigenvalue weighted by Crippen LogP contribution is -2.60. The van der Waals surface area contributed by atoms with Crippen molar-refractivity contribution < 1.29 is 12.8 Å². The number of nitrogens with one attached hydrogen (secondary N) is 2. The molecule has 4 aromatic rings. The molecule has 1 aliphatic heterocycles. The van der Waals surface area contributed by atoms with Gasteiger partial charge < -0.3 is 5.32 Å². The number of guanidine groups is 1. The molecule has 0 aliphatic carbocycles. The number of hydrogen-bond acceptors (Lipinski definition) is 6. The van der Waals surface area contributed by atoms with Crippen LogP contribution in [0.1, 0.15) is 17.4 Å². The molecule has 1 atom stereocenters. The van der Waals surface area contributed by atoms with Crippen LogP contribution in [0, 0.1) is 18.2 Å². The third-order valence-corrected chi connectivity index (χ3v) is 9.77. The van der Waals surface area contributed by atoms with Crippen LogP contribution in [0.4, 0.5) is 4.39 Å². The van der Waals surface area contributed by atoms with Crippen molar-refractivity contribution in [1.29, 1.82) is 5.41 Å². The Morgan fingerprint density at radius 1 is 1.32 bits per heavy atom. The van der Waals surface area contributed by atoms with E-state index in [2.05, 4.69) is 15.4 Å². The van der Waals surface area contributed by atoms with Gasteiger partial charge in [0.1, 0.15) is 5.82 Å². The first-order chi connectivity index (χ1) is 16.0. The zero-order chi connectivity index (χ0) is 24.4. The molecule has 0 amide bonds. The lowest BCUT2D eigenvalue weighted by molar-refractivity contribution is 0.424. The second-order valence-corrected chi connectivity index (χ2v) is 11.8. The molecule has 2 N–H and O–H groups in total. The summed E-state index contributed by atoms with van der Waals surface area (Å²) < 4.78 is 43.6. The summed E-state index contributed by atoms with van der Waals surface area (Å²) in [4.78, 5) is 4.97. The Balaban J connectivity index is 1.63. The Labute approximate surface area is 204 Å². The molecule has 1 saturated heterocycles. The number of pyridine rings is 1. The summed E-state index contributed by atoms with van der Waals surface area (Å²) in [5, 5.41) is 16.3. The number of aryl methyl sites for hydroxylation is 1. The minimum atomic E-state index is -3.71. The summed E-state index contributed by atoms with van der Waals surface area (Å²) in [5.74, 6) is -0.985. The fourth-order valence-corrected chi connectivity index (χ4v) is 7.42. The highest BCUT2D eigenvalue weighted by molar-refractivity contribution is 7.89. The molecule has 0 saturated carbocycles. The van der Waals surface area contributed by atoms with Crippen molar-refractivity contribution in [2.45, 2.75) is 19.4 Å². The van der Waals surface area contributed by atoms with E-state index in [0.29, 0.717) is 36.9 Å². The summed E-state index contributed by atoms with van der Waals surface area (Å²) >= 11 is 7.97. The van der Waals surface area contributed by atoms with E-state index in [-0.39, 0.29) is 11.7 Å². The topological polar surface area (TPSA) is 104 Å². The number of halogens is 2. The molecule has 4 heterocycles. The van der Waals surface area contributed by atoms with E-state index in [1.807, 2.05) is 6.92 Å². The standard InChI is InChI=1S/C22H20ClFN6O2S2/c1-12-9-27-30(10-12)13-4-5-14(16(24)8-13)18-19-15(6-7-26-18)17(23)20(33-19)22(2)11-34(31,32)29(3)21(25)28-22/h4-10H,11H2,1-3H3,(H2,25,28)/t22-/m0/s1. The van der Waals surface area contributed by atoms with Crippen LogP contribution in [0.15, 0.2) is 42.9 Å². The first kappa shape index (κ1) is 22.8. The number of fused-ring (bicyclic) bond motifs is 1. The maximum atomic E-state index is 15.3. The molecule has 34 heavy (non-hydrogen) atoms. The van der Waals surface area contributed by atoms with Crippen LogP contribution in [0.25, 0.3) is 27.0 Å². The van der Waals surface area contributed by atoms with Gasteiger partial charge in [-0.25, -0.2) is 21.8 Å². The number of rotatable bonds is 3. The molecular formula is C22H20ClFN6O2S2. The number of aromatic nitrogens is 3. The van der Waals surface area contributed by atoms with Gasteiger partial charge in [0, 0.05) is 36.5 Å². The van der Waals surface area contributed by atoms with Crippen molar-refractivity contribution in [3.8, 4) is 16.9 Å². The van der Waals surface area contributed by atoms with Gasteiger partial charge in [-0.2, -0.15) is 5.10 Å². The monoisotopic (exact) mass is 518 g/mol. The Hall–Kier alpha value is -3.02. The number of benzene rings is 1. The summed E-state index contributed by atoms with van der Waals surface area (Å²) in [5.41, 5.74) is 1.12. The van der Waals surface area contributed by atoms with Crippen LogP contribution in [0.3, 0.4) is 0 Å². The van der Waals surface area contributed by atoms with E-state index < -0.39 is 21.4 Å². The third-order valence-electron chi connectivity index (χ3n) is 5.83. The molecule has 0 bridgehead atoms. The summed E-state index contributed by atoms with van der Waals surface area (Å²) in [6.45, 7) is 3.60. The molecule has 1 fully saturated rings. The molecule has 0 unspecified atom stereocenters. The molecule has 5 rings (SSSR count). The Bertz CT molecular complexity index is 1580. The molecule has 176 valence electrons. The minimum Gasteiger partial charge on any atom is -0.344 e. The zero-order valence-corrected chi connectivity index (χ0v) is 20.8. The van der Waals surface area contributed by atoms with Gasteiger partial charge in [-0.1, -0.05) is 11.6 Å². The van der Waals surface area contributed by atoms with Crippen molar-refractivity contribution >= 4 is 49.0 Å². The highest BCUT2D eigenvalue weighted by atomic mass is 35.5. The molecule has 1 aromatic carbocycles. The van der Waals surface area contributed by atoms with Gasteiger partial charge in [0.15, 0.2) is 0 Å². The third kappa shape index (κ3) is 3.55. The molecule has 0 spiro atoms. The molecule has 0 radical (unpaired) electrons. The van der Waals surface area contributed by atoms with Gasteiger partial charge in [-0.15, -0.1) is 11.3 Å². The largest absolute Gasteiger partial charge is 0.344 e. The Morgan fingerprint density at radius 2 is 2.09 bits per heavy atom. The van der Waals surface area contributed by atoms with Crippen LogP contribution in [-0.2, 0) is 15.6 Å². The second-order valence-electron chi connectivity index (χ2n) is 8.44. The average molecular weight is 519 g/mol. The number of sulfonamides is 1. The second kappa shape index (κ2) is 7.76. The van der Waals surface area contributed by atoms with Gasteiger partial charge >= 0.3 is 0 Å². The van der Waals surface area contributed by atoms with Crippen molar-refractivity contribution in [2.24, 2.45) is 0 Å². The van der Waals surface area contributed by atoms with Gasteiger partial charge in [0.2, 0.25) is 16.0 Å². The van der Waals surface area contributed by atoms with E-state index >= 15 is 4.39 Å². The molecule has 8 nitrogen and oxygen atoms in total. The zero-order valence-electron chi connectivity index (χ0n) is 18.4. The first-order valence-electron chi connectivity index (χ1n) is 10.2. The van der Waals surface area contributed by atoms with E-state index in [4.69, 9.17) is 17.0 Å². The van der Waals surface area contributed by atoms with Gasteiger partial charge in [0.05, 0.1) is 43.5 Å². The van der Waals surface area contributed by atoms with Crippen LogP contribution in [0.2, 0.25) is 5.02 Å². The van der Waals surface area contributed by atoms with E-state index in [0.717, 1.165) is 9.87 Å². The fraction of sp³-hybridized carbons (Fsp3) is 0.227. The van der Waals surface area contributed by atoms with Gasteiger partial charge in [-0.05, 0) is 37.6 Å². The van der Waals surface area contributed by atoms with E-state index in [1.54, 1.807) is 48.4 Å². The lowest BCUT2D eigenvalue weighted by Gasteiger charge is -2.39.